The molecule has 1 heterocycles. The van der Waals surface area contributed by atoms with E-state index < -0.39 is 17.5 Å². The summed E-state index contributed by atoms with van der Waals surface area (Å²) in [5.74, 6) is -2.27. The zero-order valence-corrected chi connectivity index (χ0v) is 14.2. The molecule has 0 aliphatic heterocycles. The highest BCUT2D eigenvalue weighted by atomic mass is 19.2. The van der Waals surface area contributed by atoms with Crippen LogP contribution in [0.5, 0.6) is 0 Å². The standard InChI is InChI=1S/C19H14F2N4O2/c1-11(26)12-2-4-13(5-3-12)25-19(27)17-9-18(23-10-22-17)24-14-6-7-15(20)16(21)8-14/h2-10H,1H3,(H,25,27)(H,22,23,24). The molecule has 2 aromatic carbocycles. The van der Waals surface area contributed by atoms with Gasteiger partial charge in [0.25, 0.3) is 5.91 Å². The highest BCUT2D eigenvalue weighted by molar-refractivity contribution is 6.03. The Kier molecular flexibility index (Phi) is 5.16. The first kappa shape index (κ1) is 18.1. The largest absolute Gasteiger partial charge is 0.340 e. The Morgan fingerprint density at radius 1 is 0.889 bits per heavy atom. The molecule has 0 aliphatic rings. The number of halogens is 2. The number of carbonyl (C=O) groups is 2. The maximum absolute atomic E-state index is 13.3. The zero-order chi connectivity index (χ0) is 19.4. The summed E-state index contributed by atoms with van der Waals surface area (Å²) in [6, 6.07) is 11.1. The van der Waals surface area contributed by atoms with Crippen LogP contribution in [0.4, 0.5) is 26.0 Å². The molecule has 3 aromatic rings. The van der Waals surface area contributed by atoms with E-state index in [1.165, 1.54) is 25.4 Å². The van der Waals surface area contributed by atoms with E-state index in [0.717, 1.165) is 12.1 Å². The predicted octanol–water partition coefficient (Wildman–Crippen LogP) is 3.95. The molecular formula is C19H14F2N4O2. The number of aromatic nitrogens is 2. The van der Waals surface area contributed by atoms with Crippen molar-refractivity contribution in [3.05, 3.63) is 77.8 Å². The normalized spacial score (nSPS) is 10.3. The van der Waals surface area contributed by atoms with Gasteiger partial charge in [-0.3, -0.25) is 9.59 Å². The molecule has 0 bridgehead atoms. The molecule has 0 saturated carbocycles. The van der Waals surface area contributed by atoms with E-state index in [1.54, 1.807) is 24.3 Å². The van der Waals surface area contributed by atoms with E-state index in [-0.39, 0.29) is 23.0 Å². The lowest BCUT2D eigenvalue weighted by atomic mass is 10.1. The van der Waals surface area contributed by atoms with E-state index in [4.69, 9.17) is 0 Å². The monoisotopic (exact) mass is 368 g/mol. The molecule has 2 N–H and O–H groups in total. The van der Waals surface area contributed by atoms with Gasteiger partial charge in [-0.2, -0.15) is 0 Å². The number of Topliss-reactive ketones (excluding diaryl/α,β-unsaturated/α-hetero) is 1. The number of rotatable bonds is 5. The molecule has 0 radical (unpaired) electrons. The zero-order valence-electron chi connectivity index (χ0n) is 14.2. The Labute approximate surface area is 153 Å². The minimum Gasteiger partial charge on any atom is -0.340 e. The second-order valence-corrected chi connectivity index (χ2v) is 5.63. The molecule has 0 spiro atoms. The minimum atomic E-state index is -0.999. The Balaban J connectivity index is 1.73. The number of benzene rings is 2. The van der Waals surface area contributed by atoms with Crippen molar-refractivity contribution in [2.45, 2.75) is 6.92 Å². The third-order valence-electron chi connectivity index (χ3n) is 3.64. The van der Waals surface area contributed by atoms with Gasteiger partial charge in [0.15, 0.2) is 17.4 Å². The number of nitrogens with zero attached hydrogens (tertiary/aromatic N) is 2. The first-order valence-corrected chi connectivity index (χ1v) is 7.89. The van der Waals surface area contributed by atoms with Crippen molar-refractivity contribution < 1.29 is 18.4 Å². The van der Waals surface area contributed by atoms with Crippen molar-refractivity contribution in [3.63, 3.8) is 0 Å². The molecule has 6 nitrogen and oxygen atoms in total. The second kappa shape index (κ2) is 7.69. The van der Waals surface area contributed by atoms with Crippen molar-refractivity contribution in [1.29, 1.82) is 0 Å². The van der Waals surface area contributed by atoms with Gasteiger partial charge in [-0.25, -0.2) is 18.7 Å². The van der Waals surface area contributed by atoms with Gasteiger partial charge in [-0.05, 0) is 43.3 Å². The minimum absolute atomic E-state index is 0.0726. The number of carbonyl (C=O) groups excluding carboxylic acids is 2. The summed E-state index contributed by atoms with van der Waals surface area (Å²) >= 11 is 0. The Morgan fingerprint density at radius 2 is 1.59 bits per heavy atom. The summed E-state index contributed by atoms with van der Waals surface area (Å²) in [5, 5.41) is 5.43. The smallest absolute Gasteiger partial charge is 0.274 e. The van der Waals surface area contributed by atoms with Gasteiger partial charge >= 0.3 is 0 Å². The molecule has 0 unspecified atom stereocenters. The number of amides is 1. The molecule has 8 heteroatoms. The van der Waals surface area contributed by atoms with Gasteiger partial charge in [0, 0.05) is 29.1 Å². The van der Waals surface area contributed by atoms with E-state index in [0.29, 0.717) is 11.3 Å². The van der Waals surface area contributed by atoms with E-state index in [2.05, 4.69) is 20.6 Å². The van der Waals surface area contributed by atoms with E-state index in [1.807, 2.05) is 0 Å². The van der Waals surface area contributed by atoms with Gasteiger partial charge in [0.05, 0.1) is 0 Å². The van der Waals surface area contributed by atoms with Crippen LogP contribution in [0.3, 0.4) is 0 Å². The lowest BCUT2D eigenvalue weighted by Crippen LogP contribution is -2.14. The SMILES string of the molecule is CC(=O)c1ccc(NC(=O)c2cc(Nc3ccc(F)c(F)c3)ncn2)cc1. The van der Waals surface area contributed by atoms with Gasteiger partial charge in [-0.1, -0.05) is 0 Å². The van der Waals surface area contributed by atoms with Gasteiger partial charge in [-0.15, -0.1) is 0 Å². The summed E-state index contributed by atoms with van der Waals surface area (Å²) < 4.78 is 26.3. The number of nitrogens with one attached hydrogen (secondary N) is 2. The van der Waals surface area contributed by atoms with Crippen LogP contribution in [0, 0.1) is 11.6 Å². The maximum atomic E-state index is 13.3. The molecule has 3 rings (SSSR count). The molecule has 1 aromatic heterocycles. The molecule has 0 aliphatic carbocycles. The molecular weight excluding hydrogens is 354 g/mol. The Morgan fingerprint density at radius 3 is 2.26 bits per heavy atom. The van der Waals surface area contributed by atoms with Crippen LogP contribution in [0.1, 0.15) is 27.8 Å². The summed E-state index contributed by atoms with van der Waals surface area (Å²) in [4.78, 5) is 31.5. The average Bonchev–Trinajstić information content (AvgIpc) is 2.65. The highest BCUT2D eigenvalue weighted by Gasteiger charge is 2.11. The van der Waals surface area contributed by atoms with Crippen LogP contribution in [-0.2, 0) is 0 Å². The van der Waals surface area contributed by atoms with Gasteiger partial charge in [0.1, 0.15) is 17.8 Å². The maximum Gasteiger partial charge on any atom is 0.274 e. The van der Waals surface area contributed by atoms with Crippen molar-refractivity contribution >= 4 is 28.9 Å². The Hall–Kier alpha value is -3.68. The first-order chi connectivity index (χ1) is 12.9. The van der Waals surface area contributed by atoms with Gasteiger partial charge < -0.3 is 10.6 Å². The number of anilines is 3. The summed E-state index contributed by atoms with van der Waals surface area (Å²) in [7, 11) is 0. The third kappa shape index (κ3) is 4.49. The molecule has 1 amide bonds. The van der Waals surface area contributed by atoms with Crippen molar-refractivity contribution in [3.8, 4) is 0 Å². The van der Waals surface area contributed by atoms with Crippen LogP contribution in [0.2, 0.25) is 0 Å². The lowest BCUT2D eigenvalue weighted by molar-refractivity contribution is 0.101. The molecule has 0 fully saturated rings. The quantitative estimate of drug-likeness (QED) is 0.666. The highest BCUT2D eigenvalue weighted by Crippen LogP contribution is 2.18. The van der Waals surface area contributed by atoms with Crippen LogP contribution in [0.25, 0.3) is 0 Å². The fourth-order valence-electron chi connectivity index (χ4n) is 2.26. The average molecular weight is 368 g/mol. The predicted molar refractivity (Wildman–Crippen MR) is 96.1 cm³/mol. The molecule has 0 atom stereocenters. The molecule has 27 heavy (non-hydrogen) atoms. The topological polar surface area (TPSA) is 84.0 Å². The number of hydrogen-bond donors (Lipinski definition) is 2. The van der Waals surface area contributed by atoms with Crippen molar-refractivity contribution in [2.75, 3.05) is 10.6 Å². The lowest BCUT2D eigenvalue weighted by Gasteiger charge is -2.08. The second-order valence-electron chi connectivity index (χ2n) is 5.63. The summed E-state index contributed by atoms with van der Waals surface area (Å²) in [5.41, 5.74) is 1.39. The molecule has 0 saturated heterocycles. The van der Waals surface area contributed by atoms with Crippen LogP contribution in [0.15, 0.2) is 54.9 Å². The number of ketones is 1. The number of hydrogen-bond acceptors (Lipinski definition) is 5. The van der Waals surface area contributed by atoms with Crippen molar-refractivity contribution in [2.24, 2.45) is 0 Å². The van der Waals surface area contributed by atoms with Gasteiger partial charge in [0.2, 0.25) is 0 Å². The first-order valence-electron chi connectivity index (χ1n) is 7.89. The fraction of sp³-hybridized carbons (Fsp3) is 0.0526. The summed E-state index contributed by atoms with van der Waals surface area (Å²) in [6.45, 7) is 1.45. The van der Waals surface area contributed by atoms with Crippen LogP contribution >= 0.6 is 0 Å². The third-order valence-corrected chi connectivity index (χ3v) is 3.64. The van der Waals surface area contributed by atoms with Crippen LogP contribution < -0.4 is 10.6 Å². The van der Waals surface area contributed by atoms with E-state index in [9.17, 15) is 18.4 Å². The summed E-state index contributed by atoms with van der Waals surface area (Å²) in [6.07, 6.45) is 1.18. The van der Waals surface area contributed by atoms with E-state index >= 15 is 0 Å². The Bertz CT molecular complexity index is 1010. The molecule has 136 valence electrons. The fourth-order valence-corrected chi connectivity index (χ4v) is 2.26. The van der Waals surface area contributed by atoms with Crippen molar-refractivity contribution in [1.82, 2.24) is 9.97 Å². The van der Waals surface area contributed by atoms with Crippen LogP contribution in [-0.4, -0.2) is 21.7 Å².